The van der Waals surface area contributed by atoms with Crippen molar-refractivity contribution >= 4 is 34.9 Å². The van der Waals surface area contributed by atoms with E-state index in [1.54, 1.807) is 29.1 Å². The molecule has 3 aromatic rings. The zero-order valence-corrected chi connectivity index (χ0v) is 15.6. The number of halogens is 2. The number of carbonyl (C=O) groups is 1. The highest BCUT2D eigenvalue weighted by Gasteiger charge is 2.26. The zero-order valence-electron chi connectivity index (χ0n) is 14.1. The Hall–Kier alpha value is -2.37. The van der Waals surface area contributed by atoms with Gasteiger partial charge < -0.3 is 5.32 Å². The molecular formula is C19H16Cl2N4O. The standard InChI is InChI=1S/C19H16Cl2N4O/c1-11-12(6-4-10-22-11)19(26)23-18-13-5-2-8-15(13)24-25(18)16-9-3-7-14(20)17(16)21/h3-4,6-7,9-10H,2,5,8H2,1H3,(H,23,26). The molecule has 0 unspecified atom stereocenters. The van der Waals surface area contributed by atoms with Gasteiger partial charge in [0, 0.05) is 17.5 Å². The zero-order chi connectivity index (χ0) is 18.3. The van der Waals surface area contributed by atoms with Gasteiger partial charge in [0.25, 0.3) is 5.91 Å². The van der Waals surface area contributed by atoms with Crippen LogP contribution in [0.2, 0.25) is 10.0 Å². The Bertz CT molecular complexity index is 1010. The van der Waals surface area contributed by atoms with Gasteiger partial charge in [0.2, 0.25) is 0 Å². The fourth-order valence-corrected chi connectivity index (χ4v) is 3.63. The van der Waals surface area contributed by atoms with Crippen LogP contribution in [0.5, 0.6) is 0 Å². The average molecular weight is 387 g/mol. The van der Waals surface area contributed by atoms with E-state index in [1.807, 2.05) is 19.1 Å². The molecule has 132 valence electrons. The Morgan fingerprint density at radius 2 is 2.04 bits per heavy atom. The number of benzene rings is 1. The summed E-state index contributed by atoms with van der Waals surface area (Å²) in [6.07, 6.45) is 4.45. The second-order valence-electron chi connectivity index (χ2n) is 6.20. The predicted molar refractivity (Wildman–Crippen MR) is 103 cm³/mol. The van der Waals surface area contributed by atoms with Crippen LogP contribution in [-0.2, 0) is 12.8 Å². The summed E-state index contributed by atoms with van der Waals surface area (Å²) < 4.78 is 1.68. The van der Waals surface area contributed by atoms with Crippen molar-refractivity contribution < 1.29 is 4.79 Å². The molecule has 1 aromatic carbocycles. The topological polar surface area (TPSA) is 59.8 Å². The van der Waals surface area contributed by atoms with Gasteiger partial charge in [-0.05, 0) is 50.5 Å². The molecule has 26 heavy (non-hydrogen) atoms. The number of aromatic nitrogens is 3. The van der Waals surface area contributed by atoms with E-state index in [4.69, 9.17) is 23.2 Å². The van der Waals surface area contributed by atoms with Crippen LogP contribution in [-0.4, -0.2) is 20.7 Å². The Balaban J connectivity index is 1.80. The van der Waals surface area contributed by atoms with Crippen molar-refractivity contribution in [1.29, 1.82) is 0 Å². The van der Waals surface area contributed by atoms with Crippen LogP contribution < -0.4 is 5.32 Å². The Morgan fingerprint density at radius 3 is 2.85 bits per heavy atom. The first-order chi connectivity index (χ1) is 12.6. The number of fused-ring (bicyclic) bond motifs is 1. The third-order valence-corrected chi connectivity index (χ3v) is 5.36. The molecule has 5 nitrogen and oxygen atoms in total. The largest absolute Gasteiger partial charge is 0.306 e. The molecule has 1 N–H and O–H groups in total. The molecule has 7 heteroatoms. The van der Waals surface area contributed by atoms with Gasteiger partial charge in [0.05, 0.1) is 27.0 Å². The van der Waals surface area contributed by atoms with Crippen molar-refractivity contribution in [3.05, 3.63) is 69.1 Å². The molecular weight excluding hydrogens is 371 g/mol. The lowest BCUT2D eigenvalue weighted by molar-refractivity contribution is 0.102. The Kier molecular flexibility index (Phi) is 4.42. The Morgan fingerprint density at radius 1 is 1.19 bits per heavy atom. The highest BCUT2D eigenvalue weighted by atomic mass is 35.5. The molecule has 0 spiro atoms. The van der Waals surface area contributed by atoms with Crippen molar-refractivity contribution in [3.63, 3.8) is 0 Å². The quantitative estimate of drug-likeness (QED) is 0.713. The van der Waals surface area contributed by atoms with Crippen molar-refractivity contribution in [2.75, 3.05) is 5.32 Å². The number of rotatable bonds is 3. The molecule has 2 heterocycles. The maximum Gasteiger partial charge on any atom is 0.258 e. The van der Waals surface area contributed by atoms with E-state index < -0.39 is 0 Å². The number of carbonyl (C=O) groups excluding carboxylic acids is 1. The van der Waals surface area contributed by atoms with Crippen LogP contribution in [0.25, 0.3) is 5.69 Å². The summed E-state index contributed by atoms with van der Waals surface area (Å²) in [7, 11) is 0. The van der Waals surface area contributed by atoms with Gasteiger partial charge in [-0.3, -0.25) is 9.78 Å². The molecule has 0 atom stereocenters. The molecule has 0 radical (unpaired) electrons. The number of amides is 1. The number of hydrogen-bond donors (Lipinski definition) is 1. The summed E-state index contributed by atoms with van der Waals surface area (Å²) in [6, 6.07) is 8.87. The lowest BCUT2D eigenvalue weighted by atomic mass is 10.2. The SMILES string of the molecule is Cc1ncccc1C(=O)Nc1c2c(nn1-c1cccc(Cl)c1Cl)CCC2. The number of aryl methyl sites for hydroxylation is 2. The van der Waals surface area contributed by atoms with Gasteiger partial charge >= 0.3 is 0 Å². The van der Waals surface area contributed by atoms with Gasteiger partial charge in [0.15, 0.2) is 0 Å². The minimum Gasteiger partial charge on any atom is -0.306 e. The van der Waals surface area contributed by atoms with E-state index in [9.17, 15) is 4.79 Å². The highest BCUT2D eigenvalue weighted by molar-refractivity contribution is 6.43. The predicted octanol–water partition coefficient (Wildman–Crippen LogP) is 4.62. The summed E-state index contributed by atoms with van der Waals surface area (Å²) in [5, 5.41) is 8.54. The minimum absolute atomic E-state index is 0.218. The first-order valence-corrected chi connectivity index (χ1v) is 9.10. The van der Waals surface area contributed by atoms with Crippen LogP contribution in [0.1, 0.15) is 33.7 Å². The third-order valence-electron chi connectivity index (χ3n) is 4.55. The Labute approximate surface area is 161 Å². The van der Waals surface area contributed by atoms with E-state index >= 15 is 0 Å². The van der Waals surface area contributed by atoms with Crippen LogP contribution in [0.15, 0.2) is 36.5 Å². The lowest BCUT2D eigenvalue weighted by Crippen LogP contribution is -2.18. The van der Waals surface area contributed by atoms with Gasteiger partial charge in [-0.1, -0.05) is 29.3 Å². The van der Waals surface area contributed by atoms with Gasteiger partial charge in [-0.2, -0.15) is 5.10 Å². The minimum atomic E-state index is -0.218. The molecule has 1 aliphatic rings. The normalized spacial score (nSPS) is 12.9. The summed E-state index contributed by atoms with van der Waals surface area (Å²) in [5.74, 6) is 0.430. The lowest BCUT2D eigenvalue weighted by Gasteiger charge is -2.13. The van der Waals surface area contributed by atoms with E-state index in [2.05, 4.69) is 15.4 Å². The molecule has 0 saturated heterocycles. The van der Waals surface area contributed by atoms with Crippen molar-refractivity contribution in [1.82, 2.24) is 14.8 Å². The second-order valence-corrected chi connectivity index (χ2v) is 6.99. The molecule has 4 rings (SSSR count). The number of hydrogen-bond acceptors (Lipinski definition) is 3. The molecule has 1 aliphatic carbocycles. The molecule has 2 aromatic heterocycles. The second kappa shape index (κ2) is 6.74. The molecule has 0 fully saturated rings. The smallest absolute Gasteiger partial charge is 0.258 e. The van der Waals surface area contributed by atoms with Gasteiger partial charge in [0.1, 0.15) is 5.82 Å². The number of nitrogens with zero attached hydrogens (tertiary/aromatic N) is 3. The summed E-state index contributed by atoms with van der Waals surface area (Å²) in [5.41, 5.74) is 3.89. The van der Waals surface area contributed by atoms with Crippen LogP contribution in [0, 0.1) is 6.92 Å². The maximum atomic E-state index is 12.8. The van der Waals surface area contributed by atoms with Crippen molar-refractivity contribution in [2.45, 2.75) is 26.2 Å². The van der Waals surface area contributed by atoms with Crippen molar-refractivity contribution in [3.8, 4) is 5.69 Å². The third kappa shape index (κ3) is 2.87. The van der Waals surface area contributed by atoms with E-state index in [-0.39, 0.29) is 5.91 Å². The van der Waals surface area contributed by atoms with Gasteiger partial charge in [-0.25, -0.2) is 4.68 Å². The highest BCUT2D eigenvalue weighted by Crippen LogP contribution is 2.35. The molecule has 0 saturated carbocycles. The summed E-state index contributed by atoms with van der Waals surface area (Å²) in [4.78, 5) is 17.0. The number of pyridine rings is 1. The first kappa shape index (κ1) is 17.1. The van der Waals surface area contributed by atoms with E-state index in [0.29, 0.717) is 32.8 Å². The van der Waals surface area contributed by atoms with Crippen LogP contribution in [0.3, 0.4) is 0 Å². The van der Waals surface area contributed by atoms with Crippen molar-refractivity contribution in [2.24, 2.45) is 0 Å². The molecule has 0 bridgehead atoms. The van der Waals surface area contributed by atoms with E-state index in [0.717, 1.165) is 30.5 Å². The molecule has 1 amide bonds. The average Bonchev–Trinajstić information content (AvgIpc) is 3.20. The summed E-state index contributed by atoms with van der Waals surface area (Å²) >= 11 is 12.6. The number of anilines is 1. The van der Waals surface area contributed by atoms with Gasteiger partial charge in [-0.15, -0.1) is 0 Å². The fourth-order valence-electron chi connectivity index (χ4n) is 3.25. The number of nitrogens with one attached hydrogen (secondary N) is 1. The van der Waals surface area contributed by atoms with E-state index in [1.165, 1.54) is 0 Å². The fraction of sp³-hybridized carbons (Fsp3) is 0.211. The molecule has 0 aliphatic heterocycles. The first-order valence-electron chi connectivity index (χ1n) is 8.34. The maximum absolute atomic E-state index is 12.8. The van der Waals surface area contributed by atoms with Crippen LogP contribution >= 0.6 is 23.2 Å². The summed E-state index contributed by atoms with van der Waals surface area (Å²) in [6.45, 7) is 1.81. The monoisotopic (exact) mass is 386 g/mol. The van der Waals surface area contributed by atoms with Crippen LogP contribution in [0.4, 0.5) is 5.82 Å².